The number of thioether (sulfide) groups is 1. The maximum Gasteiger partial charge on any atom is 0.234 e. The van der Waals surface area contributed by atoms with Crippen LogP contribution in [0.5, 0.6) is 11.5 Å². The van der Waals surface area contributed by atoms with Crippen molar-refractivity contribution in [3.05, 3.63) is 60.4 Å². The van der Waals surface area contributed by atoms with E-state index in [-0.39, 0.29) is 18.3 Å². The van der Waals surface area contributed by atoms with E-state index in [9.17, 15) is 4.79 Å². The number of hydrogen-bond acceptors (Lipinski definition) is 6. The Morgan fingerprint density at radius 1 is 1.11 bits per heavy atom. The number of benzene rings is 2. The fraction of sp³-hybridized carbons (Fsp3) is 0.250. The number of ether oxygens (including phenoxy) is 2. The predicted molar refractivity (Wildman–Crippen MR) is 109 cm³/mol. The van der Waals surface area contributed by atoms with Crippen molar-refractivity contribution in [1.82, 2.24) is 14.8 Å². The molecule has 8 heteroatoms. The number of para-hydroxylation sites is 1. The van der Waals surface area contributed by atoms with Gasteiger partial charge in [-0.3, -0.25) is 4.79 Å². The molecule has 1 aromatic heterocycles. The third kappa shape index (κ3) is 5.26. The topological polar surface area (TPSA) is 78.3 Å². The van der Waals surface area contributed by atoms with E-state index < -0.39 is 0 Å². The van der Waals surface area contributed by atoms with E-state index in [1.54, 1.807) is 7.11 Å². The number of anilines is 1. The van der Waals surface area contributed by atoms with Crippen molar-refractivity contribution in [1.29, 1.82) is 0 Å². The van der Waals surface area contributed by atoms with Crippen LogP contribution in [0.25, 0.3) is 0 Å². The Morgan fingerprint density at radius 3 is 2.64 bits per heavy atom. The summed E-state index contributed by atoms with van der Waals surface area (Å²) in [6.07, 6.45) is 0. The summed E-state index contributed by atoms with van der Waals surface area (Å²) in [5.74, 6) is 2.30. The van der Waals surface area contributed by atoms with Crippen LogP contribution in [0, 0.1) is 0 Å². The highest BCUT2D eigenvalue weighted by Crippen LogP contribution is 2.21. The third-order valence-corrected chi connectivity index (χ3v) is 4.88. The van der Waals surface area contributed by atoms with E-state index in [0.29, 0.717) is 23.3 Å². The van der Waals surface area contributed by atoms with Crippen LogP contribution in [0.4, 0.5) is 5.69 Å². The molecule has 1 amide bonds. The summed E-state index contributed by atoms with van der Waals surface area (Å²) in [5, 5.41) is 12.0. The first-order valence-corrected chi connectivity index (χ1v) is 9.84. The molecular weight excluding hydrogens is 376 g/mol. The summed E-state index contributed by atoms with van der Waals surface area (Å²) in [5.41, 5.74) is 0.775. The summed E-state index contributed by atoms with van der Waals surface area (Å²) >= 11 is 1.35. The zero-order valence-corrected chi connectivity index (χ0v) is 16.6. The van der Waals surface area contributed by atoms with E-state index in [1.165, 1.54) is 11.8 Å². The smallest absolute Gasteiger partial charge is 0.234 e. The Morgan fingerprint density at radius 2 is 1.89 bits per heavy atom. The van der Waals surface area contributed by atoms with Gasteiger partial charge in [0, 0.05) is 18.3 Å². The minimum absolute atomic E-state index is 0.0870. The molecule has 28 heavy (non-hydrogen) atoms. The molecule has 0 radical (unpaired) electrons. The van der Waals surface area contributed by atoms with Gasteiger partial charge < -0.3 is 19.4 Å². The van der Waals surface area contributed by atoms with Crippen molar-refractivity contribution in [2.45, 2.75) is 25.2 Å². The molecule has 3 rings (SSSR count). The molecule has 0 saturated heterocycles. The van der Waals surface area contributed by atoms with Crippen LogP contribution in [-0.4, -0.2) is 33.5 Å². The number of methoxy groups -OCH3 is 1. The van der Waals surface area contributed by atoms with Gasteiger partial charge in [-0.1, -0.05) is 36.0 Å². The molecule has 0 atom stereocenters. The third-order valence-electron chi connectivity index (χ3n) is 3.91. The van der Waals surface area contributed by atoms with E-state index in [0.717, 1.165) is 11.4 Å². The fourth-order valence-electron chi connectivity index (χ4n) is 2.54. The molecule has 3 aromatic rings. The average molecular weight is 398 g/mol. The van der Waals surface area contributed by atoms with E-state index in [4.69, 9.17) is 9.47 Å². The zero-order valence-electron chi connectivity index (χ0n) is 15.8. The monoisotopic (exact) mass is 398 g/mol. The lowest BCUT2D eigenvalue weighted by atomic mass is 10.3. The van der Waals surface area contributed by atoms with Crippen molar-refractivity contribution in [3.63, 3.8) is 0 Å². The van der Waals surface area contributed by atoms with Gasteiger partial charge in [-0.05, 0) is 31.2 Å². The second kappa shape index (κ2) is 9.80. The number of amides is 1. The van der Waals surface area contributed by atoms with Crippen LogP contribution in [0.3, 0.4) is 0 Å². The SMILES string of the molecule is CCn1c(COc2cccc(OC)c2)nnc1SCC(=O)Nc1ccccc1. The molecule has 0 bridgehead atoms. The van der Waals surface area contributed by atoms with Gasteiger partial charge in [0.15, 0.2) is 11.0 Å². The number of carbonyl (C=O) groups excluding carboxylic acids is 1. The molecule has 2 aromatic carbocycles. The maximum absolute atomic E-state index is 12.1. The zero-order chi connectivity index (χ0) is 19.8. The summed E-state index contributed by atoms with van der Waals surface area (Å²) in [6.45, 7) is 2.98. The molecule has 0 unspecified atom stereocenters. The van der Waals surface area contributed by atoms with Crippen LogP contribution in [-0.2, 0) is 17.9 Å². The molecule has 7 nitrogen and oxygen atoms in total. The highest BCUT2D eigenvalue weighted by molar-refractivity contribution is 7.99. The van der Waals surface area contributed by atoms with Crippen molar-refractivity contribution in [2.75, 3.05) is 18.2 Å². The van der Waals surface area contributed by atoms with Crippen molar-refractivity contribution in [2.24, 2.45) is 0 Å². The number of hydrogen-bond donors (Lipinski definition) is 1. The minimum atomic E-state index is -0.0870. The molecule has 0 saturated carbocycles. The Balaban J connectivity index is 1.57. The maximum atomic E-state index is 12.1. The van der Waals surface area contributed by atoms with E-state index in [1.807, 2.05) is 66.1 Å². The Labute approximate surface area is 168 Å². The minimum Gasteiger partial charge on any atom is -0.497 e. The van der Waals surface area contributed by atoms with Gasteiger partial charge in [0.1, 0.15) is 18.1 Å². The molecule has 0 fully saturated rings. The first kappa shape index (κ1) is 19.8. The summed E-state index contributed by atoms with van der Waals surface area (Å²) < 4.78 is 12.9. The lowest BCUT2D eigenvalue weighted by Crippen LogP contribution is -2.14. The quantitative estimate of drug-likeness (QED) is 0.555. The predicted octanol–water partition coefficient (Wildman–Crippen LogP) is 3.62. The van der Waals surface area contributed by atoms with Gasteiger partial charge >= 0.3 is 0 Å². The lowest BCUT2D eigenvalue weighted by Gasteiger charge is -2.10. The molecular formula is C20H22N4O3S. The van der Waals surface area contributed by atoms with Gasteiger partial charge in [0.2, 0.25) is 5.91 Å². The van der Waals surface area contributed by atoms with Crippen LogP contribution in [0.2, 0.25) is 0 Å². The van der Waals surface area contributed by atoms with E-state index in [2.05, 4.69) is 15.5 Å². The van der Waals surface area contributed by atoms with Gasteiger partial charge in [-0.15, -0.1) is 10.2 Å². The summed E-state index contributed by atoms with van der Waals surface area (Å²) in [7, 11) is 1.62. The van der Waals surface area contributed by atoms with Gasteiger partial charge in [0.25, 0.3) is 0 Å². The molecule has 1 N–H and O–H groups in total. The standard InChI is InChI=1S/C20H22N4O3S/c1-3-24-18(13-27-17-11-7-10-16(12-17)26-2)22-23-20(24)28-14-19(25)21-15-8-5-4-6-9-15/h4-12H,3,13-14H2,1-2H3,(H,21,25). The fourth-order valence-corrected chi connectivity index (χ4v) is 3.36. The molecule has 0 aliphatic heterocycles. The van der Waals surface area contributed by atoms with Crippen LogP contribution in [0.1, 0.15) is 12.7 Å². The molecule has 0 aliphatic rings. The Kier molecular flexibility index (Phi) is 6.91. The van der Waals surface area contributed by atoms with Gasteiger partial charge in [-0.2, -0.15) is 0 Å². The van der Waals surface area contributed by atoms with Gasteiger partial charge in [-0.25, -0.2) is 0 Å². The average Bonchev–Trinajstić information content (AvgIpc) is 3.13. The number of aromatic nitrogens is 3. The second-order valence-electron chi connectivity index (χ2n) is 5.81. The van der Waals surface area contributed by atoms with Crippen molar-refractivity contribution in [3.8, 4) is 11.5 Å². The number of nitrogens with zero attached hydrogens (tertiary/aromatic N) is 3. The lowest BCUT2D eigenvalue weighted by molar-refractivity contribution is -0.113. The highest BCUT2D eigenvalue weighted by Gasteiger charge is 2.14. The number of rotatable bonds is 9. The van der Waals surface area contributed by atoms with Crippen LogP contribution < -0.4 is 14.8 Å². The Bertz CT molecular complexity index is 915. The normalized spacial score (nSPS) is 10.5. The molecule has 0 spiro atoms. The van der Waals surface area contributed by atoms with Gasteiger partial charge in [0.05, 0.1) is 12.9 Å². The largest absolute Gasteiger partial charge is 0.497 e. The van der Waals surface area contributed by atoms with E-state index >= 15 is 0 Å². The van der Waals surface area contributed by atoms with Crippen molar-refractivity contribution >= 4 is 23.4 Å². The molecule has 1 heterocycles. The van der Waals surface area contributed by atoms with Crippen LogP contribution in [0.15, 0.2) is 59.8 Å². The summed E-state index contributed by atoms with van der Waals surface area (Å²) in [6, 6.07) is 16.8. The number of carbonyl (C=O) groups is 1. The number of nitrogens with one attached hydrogen (secondary N) is 1. The summed E-state index contributed by atoms with van der Waals surface area (Å²) in [4.78, 5) is 12.1. The van der Waals surface area contributed by atoms with Crippen molar-refractivity contribution < 1.29 is 14.3 Å². The second-order valence-corrected chi connectivity index (χ2v) is 6.76. The molecule has 0 aliphatic carbocycles. The first-order valence-electron chi connectivity index (χ1n) is 8.86. The highest BCUT2D eigenvalue weighted by atomic mass is 32.2. The first-order chi connectivity index (χ1) is 13.7. The molecule has 146 valence electrons. The van der Waals surface area contributed by atoms with Crippen LogP contribution >= 0.6 is 11.8 Å². The Hall–Kier alpha value is -3.00.